The average molecular weight is 303 g/mol. The molecule has 19 heavy (non-hydrogen) atoms. The van der Waals surface area contributed by atoms with Gasteiger partial charge in [0.2, 0.25) is 0 Å². The Morgan fingerprint density at radius 2 is 2.21 bits per heavy atom. The van der Waals surface area contributed by atoms with E-state index in [0.717, 1.165) is 4.90 Å². The van der Waals surface area contributed by atoms with Crippen molar-refractivity contribution in [3.8, 4) is 0 Å². The van der Waals surface area contributed by atoms with Gasteiger partial charge >= 0.3 is 12.1 Å². The number of carbonyl (C=O) groups is 2. The fourth-order valence-corrected chi connectivity index (χ4v) is 2.07. The first-order valence-electron chi connectivity index (χ1n) is 5.74. The number of carbonyl (C=O) groups excluding carboxylic acids is 2. The molecular weight excluding hydrogens is 291 g/mol. The number of nitrogens with zero attached hydrogens (tertiary/aromatic N) is 1. The Kier molecular flexibility index (Phi) is 4.17. The molecule has 3 amide bonds. The zero-order valence-electron chi connectivity index (χ0n) is 10.2. The molecule has 1 N–H and O–H groups in total. The van der Waals surface area contributed by atoms with Crippen molar-refractivity contribution in [1.29, 1.82) is 0 Å². The van der Waals surface area contributed by atoms with E-state index in [4.69, 9.17) is 27.9 Å². The van der Waals surface area contributed by atoms with Crippen molar-refractivity contribution in [2.75, 3.05) is 13.1 Å². The van der Waals surface area contributed by atoms with E-state index in [1.165, 1.54) is 0 Å². The van der Waals surface area contributed by atoms with Crippen LogP contribution in [0.25, 0.3) is 0 Å². The van der Waals surface area contributed by atoms with E-state index in [1.807, 2.05) is 0 Å². The van der Waals surface area contributed by atoms with Crippen molar-refractivity contribution in [2.24, 2.45) is 0 Å². The second-order valence-electron chi connectivity index (χ2n) is 3.99. The van der Waals surface area contributed by atoms with Gasteiger partial charge in [-0.1, -0.05) is 29.3 Å². The molecule has 0 spiro atoms. The molecule has 0 radical (unpaired) electrons. The lowest BCUT2D eigenvalue weighted by Crippen LogP contribution is -2.40. The van der Waals surface area contributed by atoms with Gasteiger partial charge in [0.15, 0.2) is 0 Å². The van der Waals surface area contributed by atoms with E-state index < -0.39 is 18.2 Å². The maximum absolute atomic E-state index is 11.6. The SMILES string of the molecule is CCNC(=O)N1CC(c2ccc(Cl)c(Cl)c2)OC1=O. The van der Waals surface area contributed by atoms with Gasteiger partial charge in [0.1, 0.15) is 6.10 Å². The van der Waals surface area contributed by atoms with Crippen LogP contribution in [0.5, 0.6) is 0 Å². The summed E-state index contributed by atoms with van der Waals surface area (Å²) in [6.45, 7) is 2.37. The Morgan fingerprint density at radius 1 is 1.47 bits per heavy atom. The lowest BCUT2D eigenvalue weighted by Gasteiger charge is -2.11. The predicted molar refractivity (Wildman–Crippen MR) is 71.5 cm³/mol. The largest absolute Gasteiger partial charge is 0.439 e. The zero-order chi connectivity index (χ0) is 14.0. The van der Waals surface area contributed by atoms with E-state index in [-0.39, 0.29) is 6.54 Å². The second kappa shape index (κ2) is 5.67. The molecule has 1 atom stereocenters. The standard InChI is InChI=1S/C12H12Cl2N2O3/c1-2-15-11(17)16-6-10(19-12(16)18)7-3-4-8(13)9(14)5-7/h3-5,10H,2,6H2,1H3,(H,15,17). The minimum Gasteiger partial charge on any atom is -0.439 e. The maximum Gasteiger partial charge on any atom is 0.418 e. The molecule has 1 fully saturated rings. The predicted octanol–water partition coefficient (Wildman–Crippen LogP) is 3.22. The highest BCUT2D eigenvalue weighted by molar-refractivity contribution is 6.42. The number of rotatable bonds is 2. The normalized spacial score (nSPS) is 18.4. The van der Waals surface area contributed by atoms with Crippen molar-refractivity contribution >= 4 is 35.3 Å². The molecule has 102 valence electrons. The first kappa shape index (κ1) is 14.0. The fourth-order valence-electron chi connectivity index (χ4n) is 1.76. The molecule has 1 aliphatic rings. The van der Waals surface area contributed by atoms with Crippen molar-refractivity contribution in [1.82, 2.24) is 10.2 Å². The number of nitrogens with one attached hydrogen (secondary N) is 1. The van der Waals surface area contributed by atoms with Crippen molar-refractivity contribution in [3.05, 3.63) is 33.8 Å². The van der Waals surface area contributed by atoms with Crippen LogP contribution in [-0.4, -0.2) is 30.1 Å². The van der Waals surface area contributed by atoms with Crippen LogP contribution in [0, 0.1) is 0 Å². The summed E-state index contributed by atoms with van der Waals surface area (Å²) in [5, 5.41) is 3.36. The third-order valence-corrected chi connectivity index (χ3v) is 3.44. The molecule has 1 heterocycles. The number of ether oxygens (including phenoxy) is 1. The maximum atomic E-state index is 11.6. The molecule has 1 aromatic rings. The fraction of sp³-hybridized carbons (Fsp3) is 0.333. The van der Waals surface area contributed by atoms with Crippen LogP contribution in [0.15, 0.2) is 18.2 Å². The highest BCUT2D eigenvalue weighted by atomic mass is 35.5. The molecule has 1 aliphatic heterocycles. The Morgan fingerprint density at radius 3 is 2.84 bits per heavy atom. The van der Waals surface area contributed by atoms with Crippen molar-refractivity contribution in [2.45, 2.75) is 13.0 Å². The van der Waals surface area contributed by atoms with Gasteiger partial charge in [-0.05, 0) is 24.6 Å². The molecule has 0 saturated carbocycles. The number of amides is 3. The first-order chi connectivity index (χ1) is 9.02. The molecule has 2 rings (SSSR count). The van der Waals surface area contributed by atoms with Crippen LogP contribution in [0.3, 0.4) is 0 Å². The summed E-state index contributed by atoms with van der Waals surface area (Å²) in [5.41, 5.74) is 0.703. The molecule has 1 saturated heterocycles. The monoisotopic (exact) mass is 302 g/mol. The van der Waals surface area contributed by atoms with Crippen LogP contribution in [-0.2, 0) is 4.74 Å². The summed E-state index contributed by atoms with van der Waals surface area (Å²) in [7, 11) is 0. The third-order valence-electron chi connectivity index (χ3n) is 2.70. The minimum absolute atomic E-state index is 0.155. The topological polar surface area (TPSA) is 58.6 Å². The summed E-state index contributed by atoms with van der Waals surface area (Å²) < 4.78 is 5.15. The number of halogens is 2. The van der Waals surface area contributed by atoms with Gasteiger partial charge in [-0.25, -0.2) is 14.5 Å². The first-order valence-corrected chi connectivity index (χ1v) is 6.49. The van der Waals surface area contributed by atoms with Gasteiger partial charge in [0, 0.05) is 6.54 Å². The Labute approximate surface area is 120 Å². The van der Waals surface area contributed by atoms with E-state index in [0.29, 0.717) is 22.2 Å². The van der Waals surface area contributed by atoms with Crippen LogP contribution in [0.4, 0.5) is 9.59 Å². The lowest BCUT2D eigenvalue weighted by atomic mass is 10.1. The van der Waals surface area contributed by atoms with Crippen LogP contribution < -0.4 is 5.32 Å². The van der Waals surface area contributed by atoms with Gasteiger partial charge < -0.3 is 10.1 Å². The quantitative estimate of drug-likeness (QED) is 0.912. The van der Waals surface area contributed by atoms with Gasteiger partial charge in [-0.15, -0.1) is 0 Å². The molecule has 1 aromatic carbocycles. The molecule has 0 aliphatic carbocycles. The molecule has 0 aromatic heterocycles. The van der Waals surface area contributed by atoms with Gasteiger partial charge in [0.25, 0.3) is 0 Å². The molecule has 5 nitrogen and oxygen atoms in total. The lowest BCUT2D eigenvalue weighted by molar-refractivity contribution is 0.134. The molecule has 1 unspecified atom stereocenters. The smallest absolute Gasteiger partial charge is 0.418 e. The minimum atomic E-state index is -0.665. The van der Waals surface area contributed by atoms with Crippen molar-refractivity contribution < 1.29 is 14.3 Å². The summed E-state index contributed by atoms with van der Waals surface area (Å²) in [6, 6.07) is 4.51. The number of hydrogen-bond donors (Lipinski definition) is 1. The summed E-state index contributed by atoms with van der Waals surface area (Å²) >= 11 is 11.7. The number of urea groups is 1. The van der Waals surface area contributed by atoms with Crippen LogP contribution >= 0.6 is 23.2 Å². The summed E-state index contributed by atoms with van der Waals surface area (Å²) in [4.78, 5) is 24.3. The van der Waals surface area contributed by atoms with Gasteiger partial charge in [-0.3, -0.25) is 0 Å². The summed E-state index contributed by atoms with van der Waals surface area (Å²) in [5.74, 6) is 0. The van der Waals surface area contributed by atoms with E-state index in [9.17, 15) is 9.59 Å². The Bertz CT molecular complexity index is 522. The Hall–Kier alpha value is -1.46. The van der Waals surface area contributed by atoms with E-state index >= 15 is 0 Å². The number of benzene rings is 1. The number of cyclic esters (lactones) is 1. The third kappa shape index (κ3) is 2.93. The second-order valence-corrected chi connectivity index (χ2v) is 4.81. The van der Waals surface area contributed by atoms with Crippen LogP contribution in [0.1, 0.15) is 18.6 Å². The number of imide groups is 1. The van der Waals surface area contributed by atoms with Crippen molar-refractivity contribution in [3.63, 3.8) is 0 Å². The highest BCUT2D eigenvalue weighted by Gasteiger charge is 2.36. The van der Waals surface area contributed by atoms with Crippen LogP contribution in [0.2, 0.25) is 10.0 Å². The Balaban J connectivity index is 2.14. The molecule has 7 heteroatoms. The van der Waals surface area contributed by atoms with Gasteiger partial charge in [-0.2, -0.15) is 0 Å². The zero-order valence-corrected chi connectivity index (χ0v) is 11.7. The average Bonchev–Trinajstić information content (AvgIpc) is 2.75. The molecular formula is C12H12Cl2N2O3. The van der Waals surface area contributed by atoms with E-state index in [1.54, 1.807) is 25.1 Å². The highest BCUT2D eigenvalue weighted by Crippen LogP contribution is 2.30. The van der Waals surface area contributed by atoms with Gasteiger partial charge in [0.05, 0.1) is 16.6 Å². The summed E-state index contributed by atoms with van der Waals surface area (Å²) in [6.07, 6.45) is -1.19. The number of hydrogen-bond acceptors (Lipinski definition) is 3. The van der Waals surface area contributed by atoms with E-state index in [2.05, 4.69) is 5.32 Å². The molecule has 0 bridgehead atoms.